The van der Waals surface area contributed by atoms with Crippen molar-refractivity contribution in [3.63, 3.8) is 0 Å². The summed E-state index contributed by atoms with van der Waals surface area (Å²) < 4.78 is 0. The number of carbonyl (C=O) groups is 2. The number of hydrogen-bond acceptors (Lipinski definition) is 4. The van der Waals surface area contributed by atoms with Gasteiger partial charge in [-0.2, -0.15) is 0 Å². The van der Waals surface area contributed by atoms with Gasteiger partial charge in [0.2, 0.25) is 11.8 Å². The van der Waals surface area contributed by atoms with Gasteiger partial charge >= 0.3 is 0 Å². The first-order valence-electron chi connectivity index (χ1n) is 10.9. The molecule has 2 amide bonds. The molecular weight excluding hydrogens is 437 g/mol. The summed E-state index contributed by atoms with van der Waals surface area (Å²) in [5, 5.41) is 11.0. The molecule has 2 heterocycles. The number of likely N-dealkylation sites (tertiary alicyclic amines) is 1. The first-order chi connectivity index (χ1) is 14.8. The van der Waals surface area contributed by atoms with E-state index < -0.39 is 0 Å². The standard InChI is InChI=1S/C23H31Cl2N3O3/c1-17-7-11-26(16-21(17)29)9-2-10-27-13-14-28(12-8-23(27)31)22(30)6-4-18-3-5-19(24)20(25)15-18/h3-6,15,17,21,29H,2,7-14,16H2,1H3. The van der Waals surface area contributed by atoms with E-state index in [-0.39, 0.29) is 17.9 Å². The second-order valence-electron chi connectivity index (χ2n) is 8.45. The van der Waals surface area contributed by atoms with Crippen LogP contribution in [0.5, 0.6) is 0 Å². The first kappa shape index (κ1) is 24.1. The van der Waals surface area contributed by atoms with Crippen molar-refractivity contribution < 1.29 is 14.7 Å². The maximum Gasteiger partial charge on any atom is 0.246 e. The van der Waals surface area contributed by atoms with Gasteiger partial charge in [-0.25, -0.2) is 0 Å². The summed E-state index contributed by atoms with van der Waals surface area (Å²) in [6.45, 7) is 6.86. The van der Waals surface area contributed by atoms with Crippen molar-refractivity contribution in [1.82, 2.24) is 14.7 Å². The van der Waals surface area contributed by atoms with Crippen LogP contribution in [0.1, 0.15) is 31.7 Å². The van der Waals surface area contributed by atoms with E-state index in [4.69, 9.17) is 23.2 Å². The number of hydrogen-bond donors (Lipinski definition) is 1. The van der Waals surface area contributed by atoms with Gasteiger partial charge in [0.25, 0.3) is 0 Å². The molecule has 0 bridgehead atoms. The number of rotatable bonds is 6. The zero-order valence-corrected chi connectivity index (χ0v) is 19.5. The summed E-state index contributed by atoms with van der Waals surface area (Å²) in [5.41, 5.74) is 0.799. The topological polar surface area (TPSA) is 64.1 Å². The summed E-state index contributed by atoms with van der Waals surface area (Å²) >= 11 is 11.9. The molecule has 2 atom stereocenters. The molecule has 2 unspecified atom stereocenters. The second-order valence-corrected chi connectivity index (χ2v) is 9.26. The third kappa shape index (κ3) is 6.94. The van der Waals surface area contributed by atoms with Crippen molar-refractivity contribution in [3.8, 4) is 0 Å². The van der Waals surface area contributed by atoms with E-state index in [1.165, 1.54) is 6.08 Å². The van der Waals surface area contributed by atoms with Crippen LogP contribution in [0.25, 0.3) is 6.08 Å². The Balaban J connectivity index is 1.45. The Hall–Kier alpha value is -1.60. The van der Waals surface area contributed by atoms with Gasteiger partial charge in [0.1, 0.15) is 0 Å². The van der Waals surface area contributed by atoms with Crippen molar-refractivity contribution in [3.05, 3.63) is 39.9 Å². The van der Waals surface area contributed by atoms with Crippen LogP contribution in [0.4, 0.5) is 0 Å². The zero-order valence-electron chi connectivity index (χ0n) is 18.0. The highest BCUT2D eigenvalue weighted by molar-refractivity contribution is 6.42. The lowest BCUT2D eigenvalue weighted by molar-refractivity contribution is -0.130. The Morgan fingerprint density at radius 3 is 2.71 bits per heavy atom. The van der Waals surface area contributed by atoms with E-state index in [2.05, 4.69) is 11.8 Å². The quantitative estimate of drug-likeness (QED) is 0.652. The summed E-state index contributed by atoms with van der Waals surface area (Å²) in [6, 6.07) is 5.21. The number of benzene rings is 1. The fraction of sp³-hybridized carbons (Fsp3) is 0.565. The number of β-amino-alcohol motifs (C(OH)–C–C–N with tert-alkyl or cyclic N) is 1. The fourth-order valence-corrected chi connectivity index (χ4v) is 4.32. The smallest absolute Gasteiger partial charge is 0.246 e. The minimum Gasteiger partial charge on any atom is -0.392 e. The lowest BCUT2D eigenvalue weighted by Gasteiger charge is -2.34. The monoisotopic (exact) mass is 467 g/mol. The molecule has 6 nitrogen and oxygen atoms in total. The predicted molar refractivity (Wildman–Crippen MR) is 124 cm³/mol. The molecule has 0 aliphatic carbocycles. The van der Waals surface area contributed by atoms with E-state index in [1.54, 1.807) is 29.2 Å². The van der Waals surface area contributed by atoms with Gasteiger partial charge in [0, 0.05) is 45.2 Å². The largest absolute Gasteiger partial charge is 0.392 e. The van der Waals surface area contributed by atoms with E-state index in [0.29, 0.717) is 55.1 Å². The van der Waals surface area contributed by atoms with E-state index in [0.717, 1.165) is 31.5 Å². The Kier molecular flexibility index (Phi) is 8.78. The SMILES string of the molecule is CC1CCN(CCCN2CCN(C(=O)C=Cc3ccc(Cl)c(Cl)c3)CCC2=O)CC1O. The van der Waals surface area contributed by atoms with Gasteiger partial charge in [-0.3, -0.25) is 9.59 Å². The van der Waals surface area contributed by atoms with Crippen LogP contribution in [0.3, 0.4) is 0 Å². The third-order valence-electron chi connectivity index (χ3n) is 6.17. The molecule has 0 saturated carbocycles. The highest BCUT2D eigenvalue weighted by Crippen LogP contribution is 2.23. The number of carbonyl (C=O) groups excluding carboxylic acids is 2. The van der Waals surface area contributed by atoms with Crippen LogP contribution in [-0.4, -0.2) is 83.5 Å². The van der Waals surface area contributed by atoms with Crippen molar-refractivity contribution >= 4 is 41.1 Å². The minimum atomic E-state index is -0.259. The van der Waals surface area contributed by atoms with Gasteiger partial charge in [0.15, 0.2) is 0 Å². The van der Waals surface area contributed by atoms with Crippen LogP contribution < -0.4 is 0 Å². The normalized spacial score (nSPS) is 23.4. The highest BCUT2D eigenvalue weighted by atomic mass is 35.5. The lowest BCUT2D eigenvalue weighted by atomic mass is 9.96. The summed E-state index contributed by atoms with van der Waals surface area (Å²) in [4.78, 5) is 30.9. The third-order valence-corrected chi connectivity index (χ3v) is 6.91. The lowest BCUT2D eigenvalue weighted by Crippen LogP contribution is -2.44. The van der Waals surface area contributed by atoms with E-state index >= 15 is 0 Å². The van der Waals surface area contributed by atoms with Crippen molar-refractivity contribution in [2.24, 2.45) is 5.92 Å². The summed E-state index contributed by atoms with van der Waals surface area (Å²) in [5.74, 6) is 0.339. The van der Waals surface area contributed by atoms with Crippen LogP contribution in [0.2, 0.25) is 10.0 Å². The van der Waals surface area contributed by atoms with Crippen molar-refractivity contribution in [1.29, 1.82) is 0 Å². The zero-order chi connectivity index (χ0) is 22.4. The van der Waals surface area contributed by atoms with Crippen molar-refractivity contribution in [2.45, 2.75) is 32.3 Å². The number of piperidine rings is 1. The van der Waals surface area contributed by atoms with Gasteiger partial charge < -0.3 is 19.8 Å². The highest BCUT2D eigenvalue weighted by Gasteiger charge is 2.25. The Morgan fingerprint density at radius 1 is 1.16 bits per heavy atom. The molecule has 3 rings (SSSR count). The molecular formula is C23H31Cl2N3O3. The number of aliphatic hydroxyl groups is 1. The van der Waals surface area contributed by atoms with E-state index in [1.807, 2.05) is 4.90 Å². The molecule has 0 spiro atoms. The first-order valence-corrected chi connectivity index (χ1v) is 11.7. The molecule has 2 aliphatic heterocycles. The summed E-state index contributed by atoms with van der Waals surface area (Å²) in [6.07, 6.45) is 5.19. The van der Waals surface area contributed by atoms with E-state index in [9.17, 15) is 14.7 Å². The van der Waals surface area contributed by atoms with Crippen molar-refractivity contribution in [2.75, 3.05) is 45.8 Å². The maximum atomic E-state index is 12.6. The number of aliphatic hydroxyl groups excluding tert-OH is 1. The number of nitrogens with zero attached hydrogens (tertiary/aromatic N) is 3. The van der Waals surface area contributed by atoms with Gasteiger partial charge in [0.05, 0.1) is 16.1 Å². The molecule has 31 heavy (non-hydrogen) atoms. The molecule has 170 valence electrons. The Bertz CT molecular complexity index is 817. The number of amides is 2. The molecule has 1 aromatic rings. The molecule has 1 aromatic carbocycles. The van der Waals surface area contributed by atoms with Gasteiger partial charge in [-0.1, -0.05) is 36.2 Å². The fourth-order valence-electron chi connectivity index (χ4n) is 4.02. The average molecular weight is 468 g/mol. The van der Waals surface area contributed by atoms with Gasteiger partial charge in [-0.15, -0.1) is 0 Å². The predicted octanol–water partition coefficient (Wildman–Crippen LogP) is 3.16. The van der Waals surface area contributed by atoms with Crippen LogP contribution >= 0.6 is 23.2 Å². The molecule has 2 aliphatic rings. The molecule has 2 fully saturated rings. The maximum absolute atomic E-state index is 12.6. The Labute approximate surface area is 194 Å². The number of halogens is 2. The second kappa shape index (κ2) is 11.3. The molecule has 0 radical (unpaired) electrons. The van der Waals surface area contributed by atoms with Crippen LogP contribution in [-0.2, 0) is 9.59 Å². The molecule has 1 N–H and O–H groups in total. The van der Waals surface area contributed by atoms with Crippen LogP contribution in [0.15, 0.2) is 24.3 Å². The molecule has 8 heteroatoms. The summed E-state index contributed by atoms with van der Waals surface area (Å²) in [7, 11) is 0. The van der Waals surface area contributed by atoms with Crippen LogP contribution in [0, 0.1) is 5.92 Å². The molecule has 2 saturated heterocycles. The molecule has 0 aromatic heterocycles. The van der Waals surface area contributed by atoms with Gasteiger partial charge in [-0.05, 0) is 55.6 Å². The average Bonchev–Trinajstić information content (AvgIpc) is 2.93. The minimum absolute atomic E-state index is 0.0936. The Morgan fingerprint density at radius 2 is 1.97 bits per heavy atom.